The van der Waals surface area contributed by atoms with Gasteiger partial charge in [0, 0.05) is 23.0 Å². The predicted octanol–water partition coefficient (Wildman–Crippen LogP) is 4.69. The van der Waals surface area contributed by atoms with Crippen LogP contribution >= 0.6 is 11.3 Å². The van der Waals surface area contributed by atoms with E-state index in [-0.39, 0.29) is 11.3 Å². The van der Waals surface area contributed by atoms with Crippen LogP contribution in [-0.4, -0.2) is 28.2 Å². The Labute approximate surface area is 161 Å². The van der Waals surface area contributed by atoms with Gasteiger partial charge in [0.05, 0.1) is 12.0 Å². The fourth-order valence-corrected chi connectivity index (χ4v) is 3.34. The van der Waals surface area contributed by atoms with Gasteiger partial charge in [0.25, 0.3) is 0 Å². The highest BCUT2D eigenvalue weighted by Crippen LogP contribution is 2.30. The number of nitrogens with one attached hydrogen (secondary N) is 1. The number of allylic oxidation sites excluding steroid dienone is 1. The molecule has 0 saturated heterocycles. The zero-order chi connectivity index (χ0) is 19.4. The number of carboxylic acid groups (broad SMARTS) is 1. The third kappa shape index (κ3) is 3.98. The number of anilines is 2. The van der Waals surface area contributed by atoms with Crippen molar-refractivity contribution >= 4 is 28.8 Å². The molecule has 0 spiro atoms. The normalized spacial score (nSPS) is 10.4. The first-order chi connectivity index (χ1) is 13.0. The fourth-order valence-electron chi connectivity index (χ4n) is 2.69. The SMILES string of the molecule is C=CCc1c(C)nc(-c2cccs2)nc1Nc1ccc(C(=O)O)c(OC)c1. The van der Waals surface area contributed by atoms with E-state index in [1.165, 1.54) is 13.2 Å². The molecule has 0 fully saturated rings. The summed E-state index contributed by atoms with van der Waals surface area (Å²) in [5.41, 5.74) is 2.58. The highest BCUT2D eigenvalue weighted by Gasteiger charge is 2.15. The lowest BCUT2D eigenvalue weighted by molar-refractivity contribution is 0.0693. The molecule has 2 N–H and O–H groups in total. The lowest BCUT2D eigenvalue weighted by atomic mass is 10.1. The number of ether oxygens (including phenoxy) is 1. The Hall–Kier alpha value is -3.19. The van der Waals surface area contributed by atoms with Crippen LogP contribution < -0.4 is 10.1 Å². The van der Waals surface area contributed by atoms with Crippen molar-refractivity contribution in [3.63, 3.8) is 0 Å². The summed E-state index contributed by atoms with van der Waals surface area (Å²) in [7, 11) is 1.44. The number of aromatic nitrogens is 2. The summed E-state index contributed by atoms with van der Waals surface area (Å²) in [4.78, 5) is 21.6. The highest BCUT2D eigenvalue weighted by molar-refractivity contribution is 7.13. The molecular weight excluding hydrogens is 362 g/mol. The molecule has 0 aliphatic carbocycles. The average molecular weight is 381 g/mol. The summed E-state index contributed by atoms with van der Waals surface area (Å²) in [6.45, 7) is 5.75. The number of carbonyl (C=O) groups is 1. The van der Waals surface area contributed by atoms with Crippen LogP contribution in [0.3, 0.4) is 0 Å². The quantitative estimate of drug-likeness (QED) is 0.578. The third-order valence-electron chi connectivity index (χ3n) is 4.00. The van der Waals surface area contributed by atoms with E-state index < -0.39 is 5.97 Å². The second kappa shape index (κ2) is 8.01. The van der Waals surface area contributed by atoms with Crippen LogP contribution in [0.1, 0.15) is 21.6 Å². The van der Waals surface area contributed by atoms with E-state index in [0.29, 0.717) is 23.8 Å². The van der Waals surface area contributed by atoms with Gasteiger partial charge in [-0.15, -0.1) is 17.9 Å². The van der Waals surface area contributed by atoms with E-state index >= 15 is 0 Å². The van der Waals surface area contributed by atoms with Crippen molar-refractivity contribution in [1.82, 2.24) is 9.97 Å². The zero-order valence-electron chi connectivity index (χ0n) is 15.0. The lowest BCUT2D eigenvalue weighted by Gasteiger charge is -2.15. The van der Waals surface area contributed by atoms with Gasteiger partial charge >= 0.3 is 5.97 Å². The maximum Gasteiger partial charge on any atom is 0.339 e. The Morgan fingerprint density at radius 2 is 2.19 bits per heavy atom. The third-order valence-corrected chi connectivity index (χ3v) is 4.86. The van der Waals surface area contributed by atoms with E-state index in [9.17, 15) is 9.90 Å². The number of methoxy groups -OCH3 is 1. The Balaban J connectivity index is 2.04. The minimum atomic E-state index is -1.04. The van der Waals surface area contributed by atoms with Gasteiger partial charge in [0.1, 0.15) is 17.1 Å². The van der Waals surface area contributed by atoms with Crippen molar-refractivity contribution in [3.05, 3.63) is 65.2 Å². The maximum atomic E-state index is 11.3. The molecule has 0 saturated carbocycles. The van der Waals surface area contributed by atoms with Gasteiger partial charge in [-0.1, -0.05) is 12.1 Å². The van der Waals surface area contributed by atoms with E-state index in [2.05, 4.69) is 21.9 Å². The van der Waals surface area contributed by atoms with Gasteiger partial charge < -0.3 is 15.2 Å². The van der Waals surface area contributed by atoms with Crippen LogP contribution in [-0.2, 0) is 6.42 Å². The van der Waals surface area contributed by atoms with Gasteiger partial charge in [0.2, 0.25) is 0 Å². The van der Waals surface area contributed by atoms with E-state index in [1.807, 2.05) is 24.4 Å². The topological polar surface area (TPSA) is 84.3 Å². The largest absolute Gasteiger partial charge is 0.496 e. The second-order valence-electron chi connectivity index (χ2n) is 5.78. The van der Waals surface area contributed by atoms with Crippen molar-refractivity contribution in [2.75, 3.05) is 12.4 Å². The van der Waals surface area contributed by atoms with Crippen LogP contribution in [0.2, 0.25) is 0 Å². The average Bonchev–Trinajstić information content (AvgIpc) is 3.18. The molecule has 27 heavy (non-hydrogen) atoms. The predicted molar refractivity (Wildman–Crippen MR) is 107 cm³/mol. The standard InChI is InChI=1S/C20H19N3O3S/c1-4-6-14-12(2)21-19(17-7-5-10-27-17)23-18(14)22-13-8-9-15(20(24)25)16(11-13)26-3/h4-5,7-11H,1,6H2,2-3H3,(H,24,25)(H,21,22,23). The maximum absolute atomic E-state index is 11.3. The highest BCUT2D eigenvalue weighted by atomic mass is 32.1. The first-order valence-electron chi connectivity index (χ1n) is 8.24. The summed E-state index contributed by atoms with van der Waals surface area (Å²) in [5, 5.41) is 14.5. The number of carboxylic acids is 1. The van der Waals surface area contributed by atoms with Crippen LogP contribution in [0.15, 0.2) is 48.4 Å². The van der Waals surface area contributed by atoms with E-state index in [1.54, 1.807) is 29.5 Å². The van der Waals surface area contributed by atoms with Crippen LogP contribution in [0.5, 0.6) is 5.75 Å². The van der Waals surface area contributed by atoms with Gasteiger partial charge in [-0.25, -0.2) is 14.8 Å². The van der Waals surface area contributed by atoms with Crippen molar-refractivity contribution in [3.8, 4) is 16.5 Å². The number of aryl methyl sites for hydroxylation is 1. The van der Waals surface area contributed by atoms with Crippen molar-refractivity contribution in [2.24, 2.45) is 0 Å². The van der Waals surface area contributed by atoms with Crippen molar-refractivity contribution in [1.29, 1.82) is 0 Å². The second-order valence-corrected chi connectivity index (χ2v) is 6.72. The molecule has 6 nitrogen and oxygen atoms in total. The summed E-state index contributed by atoms with van der Waals surface area (Å²) in [6.07, 6.45) is 2.42. The van der Waals surface area contributed by atoms with Gasteiger partial charge in [-0.2, -0.15) is 0 Å². The minimum absolute atomic E-state index is 0.104. The molecule has 1 aromatic carbocycles. The molecule has 2 heterocycles. The molecule has 0 amide bonds. The molecule has 0 bridgehead atoms. The van der Waals surface area contributed by atoms with Crippen LogP contribution in [0.4, 0.5) is 11.5 Å². The summed E-state index contributed by atoms with van der Waals surface area (Å²) in [6, 6.07) is 8.76. The molecule has 3 rings (SSSR count). The number of thiophene rings is 1. The molecule has 0 atom stereocenters. The lowest BCUT2D eigenvalue weighted by Crippen LogP contribution is -2.06. The fraction of sp³-hybridized carbons (Fsp3) is 0.150. The van der Waals surface area contributed by atoms with E-state index in [4.69, 9.17) is 4.74 Å². The molecule has 0 unspecified atom stereocenters. The molecule has 2 aromatic heterocycles. The molecule has 0 aliphatic rings. The Morgan fingerprint density at radius 1 is 1.37 bits per heavy atom. The van der Waals surface area contributed by atoms with Crippen LogP contribution in [0.25, 0.3) is 10.7 Å². The van der Waals surface area contributed by atoms with Crippen molar-refractivity contribution < 1.29 is 14.6 Å². The van der Waals surface area contributed by atoms with E-state index in [0.717, 1.165) is 16.1 Å². The summed E-state index contributed by atoms with van der Waals surface area (Å²) >= 11 is 1.57. The first-order valence-corrected chi connectivity index (χ1v) is 9.12. The molecule has 0 aliphatic heterocycles. The van der Waals surface area contributed by atoms with Crippen molar-refractivity contribution in [2.45, 2.75) is 13.3 Å². The van der Waals surface area contributed by atoms with Gasteiger partial charge in [-0.05, 0) is 36.9 Å². The molecule has 7 heteroatoms. The molecule has 0 radical (unpaired) electrons. The smallest absolute Gasteiger partial charge is 0.339 e. The first kappa shape index (κ1) is 18.6. The molecule has 138 valence electrons. The van der Waals surface area contributed by atoms with Gasteiger partial charge in [0.15, 0.2) is 5.82 Å². The minimum Gasteiger partial charge on any atom is -0.496 e. The Bertz CT molecular complexity index is 984. The Kier molecular flexibility index (Phi) is 5.52. The summed E-state index contributed by atoms with van der Waals surface area (Å²) in [5.74, 6) is 0.550. The monoisotopic (exact) mass is 381 g/mol. The Morgan fingerprint density at radius 3 is 2.81 bits per heavy atom. The number of nitrogens with zero attached hydrogens (tertiary/aromatic N) is 2. The molecular formula is C20H19N3O3S. The summed E-state index contributed by atoms with van der Waals surface area (Å²) < 4.78 is 5.20. The zero-order valence-corrected chi connectivity index (χ0v) is 15.8. The van der Waals surface area contributed by atoms with Gasteiger partial charge in [-0.3, -0.25) is 0 Å². The number of hydrogen-bond donors (Lipinski definition) is 2. The number of hydrogen-bond acceptors (Lipinski definition) is 6. The number of aromatic carboxylic acids is 1. The number of rotatable bonds is 7. The van der Waals surface area contributed by atoms with Crippen LogP contribution in [0, 0.1) is 6.92 Å². The molecule has 3 aromatic rings. The number of benzene rings is 1.